The summed E-state index contributed by atoms with van der Waals surface area (Å²) in [4.78, 5) is 18.3. The van der Waals surface area contributed by atoms with Gasteiger partial charge in [-0.05, 0) is 34.2 Å². The largest absolute Gasteiger partial charge is 0.368 e. The lowest BCUT2D eigenvalue weighted by atomic mass is 9.95. The van der Waals surface area contributed by atoms with E-state index in [9.17, 15) is 4.79 Å². The number of primary amides is 1. The molecule has 3 N–H and O–H groups in total. The molecule has 1 saturated heterocycles. The SMILES string of the molecule is CC(C)(C)CN[C@@H]1CCCN(c2c(Br)cnc3c2[c]cn3C(N)=O)C1. The Balaban J connectivity index is 1.88. The normalized spacial score (nSPS) is 18.7. The number of hydrogen-bond acceptors (Lipinski definition) is 4. The zero-order valence-electron chi connectivity index (χ0n) is 15.0. The highest BCUT2D eigenvalue weighted by Gasteiger charge is 2.25. The summed E-state index contributed by atoms with van der Waals surface area (Å²) in [6, 6.07) is 3.05. The van der Waals surface area contributed by atoms with Crippen LogP contribution in [-0.2, 0) is 0 Å². The molecule has 7 heteroatoms. The maximum absolute atomic E-state index is 11.6. The fourth-order valence-corrected chi connectivity index (χ4v) is 3.80. The van der Waals surface area contributed by atoms with Crippen molar-refractivity contribution in [2.24, 2.45) is 11.1 Å². The highest BCUT2D eigenvalue weighted by molar-refractivity contribution is 9.10. The third kappa shape index (κ3) is 3.98. The van der Waals surface area contributed by atoms with Crippen molar-refractivity contribution in [2.75, 3.05) is 24.5 Å². The van der Waals surface area contributed by atoms with E-state index in [1.165, 1.54) is 11.0 Å². The average molecular weight is 407 g/mol. The highest BCUT2D eigenvalue weighted by atomic mass is 79.9. The molecule has 0 bridgehead atoms. The first kappa shape index (κ1) is 18.2. The highest BCUT2D eigenvalue weighted by Crippen LogP contribution is 2.35. The van der Waals surface area contributed by atoms with Crippen LogP contribution in [0.5, 0.6) is 0 Å². The van der Waals surface area contributed by atoms with Crippen LogP contribution in [-0.4, -0.2) is 41.3 Å². The summed E-state index contributed by atoms with van der Waals surface area (Å²) in [6.45, 7) is 9.61. The van der Waals surface area contributed by atoms with Crippen LogP contribution < -0.4 is 16.0 Å². The minimum absolute atomic E-state index is 0.263. The predicted octanol–water partition coefficient (Wildman–Crippen LogP) is 3.13. The number of pyridine rings is 1. The summed E-state index contributed by atoms with van der Waals surface area (Å²) in [5, 5.41) is 4.51. The van der Waals surface area contributed by atoms with Gasteiger partial charge in [-0.3, -0.25) is 4.57 Å². The molecular weight excluding hydrogens is 382 g/mol. The van der Waals surface area contributed by atoms with Crippen LogP contribution in [0.15, 0.2) is 16.9 Å². The van der Waals surface area contributed by atoms with Crippen LogP contribution in [0.1, 0.15) is 33.6 Å². The zero-order valence-corrected chi connectivity index (χ0v) is 16.6. The Morgan fingerprint density at radius 1 is 1.52 bits per heavy atom. The molecule has 25 heavy (non-hydrogen) atoms. The van der Waals surface area contributed by atoms with Gasteiger partial charge in [0.05, 0.1) is 15.5 Å². The molecule has 1 amide bonds. The third-order valence-corrected chi connectivity index (χ3v) is 5.03. The first-order valence-corrected chi connectivity index (χ1v) is 9.41. The van der Waals surface area contributed by atoms with Gasteiger partial charge in [-0.15, -0.1) is 0 Å². The molecule has 0 saturated carbocycles. The molecule has 0 spiro atoms. The summed E-state index contributed by atoms with van der Waals surface area (Å²) in [5.41, 5.74) is 7.27. The first-order chi connectivity index (χ1) is 11.8. The Kier molecular flexibility index (Phi) is 5.06. The second-order valence-electron chi connectivity index (χ2n) is 7.86. The van der Waals surface area contributed by atoms with Crippen molar-refractivity contribution >= 4 is 38.7 Å². The first-order valence-electron chi connectivity index (χ1n) is 8.61. The predicted molar refractivity (Wildman–Crippen MR) is 104 cm³/mol. The van der Waals surface area contributed by atoms with Crippen molar-refractivity contribution < 1.29 is 4.79 Å². The maximum Gasteiger partial charge on any atom is 0.324 e. The van der Waals surface area contributed by atoms with Gasteiger partial charge in [0.15, 0.2) is 5.65 Å². The van der Waals surface area contributed by atoms with E-state index >= 15 is 0 Å². The number of hydrogen-bond donors (Lipinski definition) is 2. The lowest BCUT2D eigenvalue weighted by molar-refractivity contribution is 0.251. The number of piperidine rings is 1. The summed E-state index contributed by atoms with van der Waals surface area (Å²) >= 11 is 3.62. The fraction of sp³-hybridized carbons (Fsp3) is 0.556. The topological polar surface area (TPSA) is 76.2 Å². The van der Waals surface area contributed by atoms with E-state index in [0.29, 0.717) is 11.7 Å². The molecule has 3 rings (SSSR count). The summed E-state index contributed by atoms with van der Waals surface area (Å²) < 4.78 is 2.25. The molecule has 2 aromatic rings. The minimum Gasteiger partial charge on any atom is -0.368 e. The van der Waals surface area contributed by atoms with Gasteiger partial charge in [-0.2, -0.15) is 0 Å². The van der Waals surface area contributed by atoms with Gasteiger partial charge in [0, 0.05) is 44.1 Å². The number of rotatable bonds is 3. The number of halogens is 1. The maximum atomic E-state index is 11.6. The number of nitrogens with zero attached hydrogens (tertiary/aromatic N) is 3. The van der Waals surface area contributed by atoms with E-state index < -0.39 is 6.03 Å². The second-order valence-corrected chi connectivity index (χ2v) is 8.72. The van der Waals surface area contributed by atoms with Crippen molar-refractivity contribution in [3.8, 4) is 0 Å². The molecule has 1 atom stereocenters. The monoisotopic (exact) mass is 406 g/mol. The molecule has 2 aromatic heterocycles. The Labute approximate surface area is 156 Å². The lowest BCUT2D eigenvalue weighted by Crippen LogP contribution is -2.48. The van der Waals surface area contributed by atoms with Gasteiger partial charge < -0.3 is 16.0 Å². The van der Waals surface area contributed by atoms with Crippen molar-refractivity contribution in [3.63, 3.8) is 0 Å². The number of aromatic nitrogens is 2. The Morgan fingerprint density at radius 3 is 2.96 bits per heavy atom. The van der Waals surface area contributed by atoms with Gasteiger partial charge in [-0.1, -0.05) is 20.8 Å². The van der Waals surface area contributed by atoms with Crippen molar-refractivity contribution in [1.29, 1.82) is 0 Å². The van der Waals surface area contributed by atoms with Crippen LogP contribution in [0.25, 0.3) is 11.0 Å². The molecule has 6 nitrogen and oxygen atoms in total. The summed E-state index contributed by atoms with van der Waals surface area (Å²) in [5.74, 6) is 0. The Morgan fingerprint density at radius 2 is 2.28 bits per heavy atom. The third-order valence-electron chi connectivity index (χ3n) is 4.45. The molecule has 0 unspecified atom stereocenters. The molecule has 1 fully saturated rings. The number of nitrogens with one attached hydrogen (secondary N) is 1. The van der Waals surface area contributed by atoms with E-state index in [0.717, 1.165) is 41.6 Å². The van der Waals surface area contributed by atoms with Crippen LogP contribution >= 0.6 is 15.9 Å². The minimum atomic E-state index is -0.546. The van der Waals surface area contributed by atoms with Crippen molar-refractivity contribution in [3.05, 3.63) is 22.9 Å². The lowest BCUT2D eigenvalue weighted by Gasteiger charge is -2.37. The summed E-state index contributed by atoms with van der Waals surface area (Å²) in [6.07, 6.45) is 5.59. The molecule has 135 valence electrons. The molecular formula is C18H25BrN5O. The molecule has 1 aliphatic heterocycles. The van der Waals surface area contributed by atoms with Gasteiger partial charge in [0.2, 0.25) is 0 Å². The summed E-state index contributed by atoms with van der Waals surface area (Å²) in [7, 11) is 0. The van der Waals surface area contributed by atoms with Crippen LogP contribution in [0.3, 0.4) is 0 Å². The van der Waals surface area contributed by atoms with Gasteiger partial charge in [-0.25, -0.2) is 9.78 Å². The molecule has 0 aliphatic carbocycles. The van der Waals surface area contributed by atoms with E-state index in [1.54, 1.807) is 12.4 Å². The van der Waals surface area contributed by atoms with Crippen LogP contribution in [0, 0.1) is 11.5 Å². The number of amides is 1. The standard InChI is InChI=1S/C18H25BrN5O/c1-18(2,3)11-22-12-5-4-7-23(10-12)15-13-6-8-24(17(20)25)16(13)21-9-14(15)19/h8-9,12,22H,4-5,7,10-11H2,1-3H3,(H2,20,25)/t12-/m1/s1. The average Bonchev–Trinajstić information content (AvgIpc) is 2.96. The van der Waals surface area contributed by atoms with Crippen molar-refractivity contribution in [2.45, 2.75) is 39.7 Å². The smallest absolute Gasteiger partial charge is 0.324 e. The van der Waals surface area contributed by atoms with Gasteiger partial charge in [0.25, 0.3) is 0 Å². The van der Waals surface area contributed by atoms with Crippen molar-refractivity contribution in [1.82, 2.24) is 14.9 Å². The zero-order chi connectivity index (χ0) is 18.2. The molecule has 1 radical (unpaired) electrons. The quantitative estimate of drug-likeness (QED) is 0.820. The molecule has 3 heterocycles. The van der Waals surface area contributed by atoms with E-state index in [2.05, 4.69) is 58.0 Å². The van der Waals surface area contributed by atoms with Crippen LogP contribution in [0.2, 0.25) is 0 Å². The van der Waals surface area contributed by atoms with E-state index in [1.807, 2.05) is 0 Å². The van der Waals surface area contributed by atoms with Gasteiger partial charge >= 0.3 is 6.03 Å². The number of nitrogens with two attached hydrogens (primary N) is 1. The van der Waals surface area contributed by atoms with Crippen LogP contribution in [0.4, 0.5) is 10.5 Å². The van der Waals surface area contributed by atoms with Gasteiger partial charge in [0.1, 0.15) is 0 Å². The fourth-order valence-electron chi connectivity index (χ4n) is 3.25. The Hall–Kier alpha value is -1.60. The molecule has 0 aromatic carbocycles. The second kappa shape index (κ2) is 6.96. The number of fused-ring (bicyclic) bond motifs is 1. The Bertz CT molecular complexity index is 780. The van der Waals surface area contributed by atoms with E-state index in [-0.39, 0.29) is 5.41 Å². The van der Waals surface area contributed by atoms with E-state index in [4.69, 9.17) is 5.73 Å². The number of anilines is 1. The molecule has 1 aliphatic rings. The number of carbonyl (C=O) groups excluding carboxylic acids is 1. The number of carbonyl (C=O) groups is 1.